The van der Waals surface area contributed by atoms with Gasteiger partial charge in [-0.3, -0.25) is 9.71 Å². The summed E-state index contributed by atoms with van der Waals surface area (Å²) in [5.41, 5.74) is 3.78. The number of fused-ring (bicyclic) bond motifs is 2. The summed E-state index contributed by atoms with van der Waals surface area (Å²) < 4.78 is 40.5. The molecule has 8 nitrogen and oxygen atoms in total. The standard InChI is InChI=1S/C25H24N4O4S/c1-17-3-6-20(7-4-17)34(30,31)28-22-14-19-15-26-10-9-21(19)27-25(22)33-16-18-5-8-23-24(13-18)32-12-11-29(23)2/h3-10,13-15,28H,11-12,16H2,1-2H3. The maximum absolute atomic E-state index is 13.0. The Balaban J connectivity index is 1.45. The van der Waals surface area contributed by atoms with Crippen LogP contribution in [0.25, 0.3) is 10.9 Å². The van der Waals surface area contributed by atoms with Gasteiger partial charge < -0.3 is 14.4 Å². The van der Waals surface area contributed by atoms with Gasteiger partial charge in [0.25, 0.3) is 10.0 Å². The van der Waals surface area contributed by atoms with Crippen LogP contribution in [0.1, 0.15) is 11.1 Å². The number of sulfonamides is 1. The summed E-state index contributed by atoms with van der Waals surface area (Å²) in [4.78, 5) is 11.0. The first-order valence-electron chi connectivity index (χ1n) is 10.8. The molecular formula is C25H24N4O4S. The molecule has 1 N–H and O–H groups in total. The van der Waals surface area contributed by atoms with E-state index in [2.05, 4.69) is 19.6 Å². The predicted molar refractivity (Wildman–Crippen MR) is 131 cm³/mol. The van der Waals surface area contributed by atoms with E-state index in [-0.39, 0.29) is 23.1 Å². The molecule has 2 aromatic heterocycles. The zero-order valence-electron chi connectivity index (χ0n) is 18.9. The number of ether oxygens (including phenoxy) is 2. The van der Waals surface area contributed by atoms with Gasteiger partial charge in [0.05, 0.1) is 22.6 Å². The Kier molecular flexibility index (Phi) is 5.70. The fourth-order valence-corrected chi connectivity index (χ4v) is 4.80. The first kappa shape index (κ1) is 22.0. The van der Waals surface area contributed by atoms with Crippen molar-refractivity contribution in [2.24, 2.45) is 0 Å². The Bertz CT molecular complexity index is 1460. The van der Waals surface area contributed by atoms with E-state index in [0.29, 0.717) is 17.5 Å². The molecule has 0 atom stereocenters. The molecule has 4 aromatic rings. The molecule has 0 aliphatic carbocycles. The highest BCUT2D eigenvalue weighted by atomic mass is 32.2. The molecule has 2 aromatic carbocycles. The summed E-state index contributed by atoms with van der Waals surface area (Å²) >= 11 is 0. The molecular weight excluding hydrogens is 452 g/mol. The van der Waals surface area contributed by atoms with Gasteiger partial charge in [0.1, 0.15) is 24.7 Å². The number of aromatic nitrogens is 2. The molecule has 1 aliphatic heterocycles. The lowest BCUT2D eigenvalue weighted by Gasteiger charge is -2.28. The van der Waals surface area contributed by atoms with Crippen molar-refractivity contribution in [3.8, 4) is 11.6 Å². The van der Waals surface area contributed by atoms with Crippen molar-refractivity contribution in [2.45, 2.75) is 18.4 Å². The maximum atomic E-state index is 13.0. The number of aryl methyl sites for hydroxylation is 1. The van der Waals surface area contributed by atoms with E-state index in [1.54, 1.807) is 48.8 Å². The van der Waals surface area contributed by atoms with Gasteiger partial charge >= 0.3 is 0 Å². The minimum Gasteiger partial charge on any atom is -0.490 e. The van der Waals surface area contributed by atoms with Crippen LogP contribution in [0, 0.1) is 6.92 Å². The Morgan fingerprint density at radius 2 is 1.94 bits per heavy atom. The van der Waals surface area contributed by atoms with Crippen molar-refractivity contribution in [2.75, 3.05) is 29.8 Å². The quantitative estimate of drug-likeness (QED) is 0.447. The molecule has 0 saturated heterocycles. The summed E-state index contributed by atoms with van der Waals surface area (Å²) in [5, 5.41) is 0.696. The number of nitrogens with zero attached hydrogens (tertiary/aromatic N) is 3. The van der Waals surface area contributed by atoms with Gasteiger partial charge in [-0.15, -0.1) is 0 Å². The van der Waals surface area contributed by atoms with Crippen LogP contribution in [0.2, 0.25) is 0 Å². The van der Waals surface area contributed by atoms with E-state index < -0.39 is 10.0 Å². The molecule has 0 spiro atoms. The number of pyridine rings is 2. The monoisotopic (exact) mass is 476 g/mol. The van der Waals surface area contributed by atoms with E-state index in [4.69, 9.17) is 9.47 Å². The fraction of sp³-hybridized carbons (Fsp3) is 0.200. The van der Waals surface area contributed by atoms with Crippen molar-refractivity contribution in [1.29, 1.82) is 0 Å². The summed E-state index contributed by atoms with van der Waals surface area (Å²) in [7, 11) is -1.81. The minimum absolute atomic E-state index is 0.159. The number of rotatable bonds is 6. The van der Waals surface area contributed by atoms with Gasteiger partial charge in [-0.1, -0.05) is 23.8 Å². The smallest absolute Gasteiger partial charge is 0.262 e. The van der Waals surface area contributed by atoms with Crippen LogP contribution in [-0.4, -0.2) is 38.6 Å². The zero-order valence-corrected chi connectivity index (χ0v) is 19.7. The van der Waals surface area contributed by atoms with Crippen LogP contribution in [-0.2, 0) is 16.6 Å². The average molecular weight is 477 g/mol. The number of benzene rings is 2. The second-order valence-electron chi connectivity index (χ2n) is 8.19. The molecule has 0 unspecified atom stereocenters. The van der Waals surface area contributed by atoms with Crippen molar-refractivity contribution in [3.05, 3.63) is 78.1 Å². The molecule has 0 amide bonds. The van der Waals surface area contributed by atoms with Crippen LogP contribution >= 0.6 is 0 Å². The summed E-state index contributed by atoms with van der Waals surface area (Å²) in [6.07, 6.45) is 3.26. The second-order valence-corrected chi connectivity index (χ2v) is 9.87. The molecule has 3 heterocycles. The minimum atomic E-state index is -3.84. The first-order chi connectivity index (χ1) is 16.4. The van der Waals surface area contributed by atoms with Gasteiger partial charge in [0, 0.05) is 24.8 Å². The van der Waals surface area contributed by atoms with Crippen LogP contribution < -0.4 is 19.1 Å². The maximum Gasteiger partial charge on any atom is 0.262 e. The Morgan fingerprint density at radius 1 is 1.12 bits per heavy atom. The third kappa shape index (κ3) is 4.47. The number of likely N-dealkylation sites (N-methyl/N-ethyl adjacent to an activating group) is 1. The van der Waals surface area contributed by atoms with Crippen LogP contribution in [0.5, 0.6) is 11.6 Å². The molecule has 9 heteroatoms. The van der Waals surface area contributed by atoms with Crippen molar-refractivity contribution in [1.82, 2.24) is 9.97 Å². The number of nitrogens with one attached hydrogen (secondary N) is 1. The van der Waals surface area contributed by atoms with Crippen LogP contribution in [0.3, 0.4) is 0 Å². The van der Waals surface area contributed by atoms with E-state index in [1.165, 1.54) is 0 Å². The van der Waals surface area contributed by atoms with Crippen molar-refractivity contribution in [3.63, 3.8) is 0 Å². The van der Waals surface area contributed by atoms with Gasteiger partial charge in [0.2, 0.25) is 5.88 Å². The van der Waals surface area contributed by atoms with Crippen LogP contribution in [0.15, 0.2) is 71.9 Å². The van der Waals surface area contributed by atoms with Gasteiger partial charge in [-0.05, 0) is 48.9 Å². The molecule has 0 bridgehead atoms. The summed E-state index contributed by atoms with van der Waals surface area (Å²) in [6, 6.07) is 16.0. The number of hydrogen-bond donors (Lipinski definition) is 1. The fourth-order valence-electron chi connectivity index (χ4n) is 3.75. The molecule has 0 saturated carbocycles. The van der Waals surface area contributed by atoms with E-state index >= 15 is 0 Å². The molecule has 174 valence electrons. The van der Waals surface area contributed by atoms with E-state index in [9.17, 15) is 8.42 Å². The third-order valence-electron chi connectivity index (χ3n) is 5.65. The highest BCUT2D eigenvalue weighted by molar-refractivity contribution is 7.92. The van der Waals surface area contributed by atoms with E-state index in [0.717, 1.165) is 29.1 Å². The third-order valence-corrected chi connectivity index (χ3v) is 7.03. The molecule has 0 fully saturated rings. The molecule has 5 rings (SSSR count). The predicted octanol–water partition coefficient (Wildman–Crippen LogP) is 4.15. The highest BCUT2D eigenvalue weighted by Crippen LogP contribution is 2.33. The van der Waals surface area contributed by atoms with E-state index in [1.807, 2.05) is 32.2 Å². The first-order valence-corrected chi connectivity index (χ1v) is 12.3. The normalized spacial score (nSPS) is 13.3. The van der Waals surface area contributed by atoms with Gasteiger partial charge in [0.15, 0.2) is 0 Å². The Hall–Kier alpha value is -3.85. The zero-order chi connectivity index (χ0) is 23.7. The Labute approximate surface area is 198 Å². The second kappa shape index (κ2) is 8.83. The number of hydrogen-bond acceptors (Lipinski definition) is 7. The van der Waals surface area contributed by atoms with Gasteiger partial charge in [-0.25, -0.2) is 13.4 Å². The highest BCUT2D eigenvalue weighted by Gasteiger charge is 2.19. The lowest BCUT2D eigenvalue weighted by Crippen LogP contribution is -2.28. The largest absolute Gasteiger partial charge is 0.490 e. The lowest BCUT2D eigenvalue weighted by molar-refractivity contribution is 0.291. The van der Waals surface area contributed by atoms with Crippen LogP contribution in [0.4, 0.5) is 11.4 Å². The lowest BCUT2D eigenvalue weighted by atomic mass is 10.1. The van der Waals surface area contributed by atoms with Crippen molar-refractivity contribution < 1.29 is 17.9 Å². The molecule has 1 aliphatic rings. The Morgan fingerprint density at radius 3 is 2.76 bits per heavy atom. The number of anilines is 2. The SMILES string of the molecule is Cc1ccc(S(=O)(=O)Nc2cc3cnccc3nc2OCc2ccc3c(c2)OCCN3C)cc1. The van der Waals surface area contributed by atoms with Gasteiger partial charge in [-0.2, -0.15) is 0 Å². The average Bonchev–Trinajstić information content (AvgIpc) is 2.83. The van der Waals surface area contributed by atoms with Crippen molar-refractivity contribution >= 4 is 32.3 Å². The summed E-state index contributed by atoms with van der Waals surface area (Å²) in [5.74, 6) is 0.984. The molecule has 34 heavy (non-hydrogen) atoms. The summed E-state index contributed by atoms with van der Waals surface area (Å²) in [6.45, 7) is 3.56. The molecule has 0 radical (unpaired) electrons. The topological polar surface area (TPSA) is 93.7 Å².